The summed E-state index contributed by atoms with van der Waals surface area (Å²) in [5.41, 5.74) is 1.65. The molecule has 1 aliphatic rings. The second kappa shape index (κ2) is 5.71. The molecule has 6 heteroatoms. The Morgan fingerprint density at radius 2 is 2.00 bits per heavy atom. The van der Waals surface area contributed by atoms with Gasteiger partial charge in [0.2, 0.25) is 11.8 Å². The predicted molar refractivity (Wildman–Crippen MR) is 75.9 cm³/mol. The lowest BCUT2D eigenvalue weighted by Crippen LogP contribution is -2.22. The lowest BCUT2D eigenvalue weighted by atomic mass is 9.86. The molecule has 1 N–H and O–H groups in total. The molecule has 0 aliphatic carbocycles. The fraction of sp³-hybridized carbons (Fsp3) is 0.357. The van der Waals surface area contributed by atoms with Gasteiger partial charge in [0.25, 0.3) is 0 Å². The van der Waals surface area contributed by atoms with Crippen molar-refractivity contribution in [3.8, 4) is 0 Å². The number of carboxylic acid groups (broad SMARTS) is 1. The van der Waals surface area contributed by atoms with Gasteiger partial charge < -0.3 is 5.11 Å². The van der Waals surface area contributed by atoms with E-state index in [9.17, 15) is 14.4 Å². The van der Waals surface area contributed by atoms with Crippen LogP contribution in [0.15, 0.2) is 24.3 Å². The zero-order chi connectivity index (χ0) is 14.9. The third-order valence-electron chi connectivity index (χ3n) is 3.68. The van der Waals surface area contributed by atoms with Gasteiger partial charge in [-0.15, -0.1) is 0 Å². The number of hydrogen-bond acceptors (Lipinski definition) is 3. The highest BCUT2D eigenvalue weighted by atomic mass is 31.0. The Morgan fingerprint density at radius 3 is 2.45 bits per heavy atom. The topological polar surface area (TPSA) is 74.7 Å². The Labute approximate surface area is 119 Å². The van der Waals surface area contributed by atoms with Crippen LogP contribution < -0.4 is 0 Å². The molecular weight excluding hydrogens is 277 g/mol. The number of benzene rings is 1. The molecule has 0 bridgehead atoms. The normalized spacial score (nSPS) is 20.3. The average molecular weight is 293 g/mol. The largest absolute Gasteiger partial charge is 0.481 e. The molecule has 3 unspecified atom stereocenters. The van der Waals surface area contributed by atoms with Crippen LogP contribution in [0.2, 0.25) is 0 Å². The van der Waals surface area contributed by atoms with E-state index in [2.05, 4.69) is 9.39 Å². The second-order valence-electron chi connectivity index (χ2n) is 5.01. The fourth-order valence-corrected chi connectivity index (χ4v) is 2.71. The third-order valence-corrected chi connectivity index (χ3v) is 4.22. The predicted octanol–water partition coefficient (Wildman–Crippen LogP) is 1.58. The number of carboxylic acids is 1. The number of hydrogen-bond donors (Lipinski definition) is 1. The molecule has 1 saturated heterocycles. The van der Waals surface area contributed by atoms with Crippen molar-refractivity contribution in [1.82, 2.24) is 4.67 Å². The van der Waals surface area contributed by atoms with Crippen LogP contribution in [0.4, 0.5) is 0 Å². The number of nitrogens with zero attached hydrogens (tertiary/aromatic N) is 1. The summed E-state index contributed by atoms with van der Waals surface area (Å²) in [6.45, 7) is 1.91. The first-order valence-electron chi connectivity index (χ1n) is 6.32. The van der Waals surface area contributed by atoms with E-state index in [4.69, 9.17) is 5.11 Å². The smallest absolute Gasteiger partial charge is 0.307 e. The summed E-state index contributed by atoms with van der Waals surface area (Å²) in [7, 11) is 2.15. The number of amides is 2. The van der Waals surface area contributed by atoms with E-state index in [0.717, 1.165) is 15.8 Å². The molecule has 0 saturated carbocycles. The summed E-state index contributed by atoms with van der Waals surface area (Å²) in [6.07, 6.45) is 0.204. The maximum absolute atomic E-state index is 11.9. The maximum atomic E-state index is 11.9. The molecular formula is C14H16NO4P. The SMILES string of the molecule is CC(c1ccc(CC(=O)O)cc1)C1CC(=O)N(P)C1=O. The minimum Gasteiger partial charge on any atom is -0.481 e. The standard InChI is InChI=1S/C14H16NO4P/c1-8(11-7-12(16)15(20)14(11)19)10-4-2-9(3-5-10)6-13(17)18/h2-5,8,11H,6-7,20H2,1H3,(H,17,18). The minimum absolute atomic E-state index is 0.0190. The van der Waals surface area contributed by atoms with Crippen LogP contribution >= 0.6 is 9.39 Å². The summed E-state index contributed by atoms with van der Waals surface area (Å²) in [5.74, 6) is -1.65. The van der Waals surface area contributed by atoms with Crippen LogP contribution in [0.1, 0.15) is 30.4 Å². The van der Waals surface area contributed by atoms with Crippen molar-refractivity contribution in [2.75, 3.05) is 0 Å². The average Bonchev–Trinajstić information content (AvgIpc) is 2.66. The van der Waals surface area contributed by atoms with E-state index in [1.807, 2.05) is 19.1 Å². The molecule has 1 aromatic rings. The summed E-state index contributed by atoms with van der Waals surface area (Å²) in [5, 5.41) is 8.72. The lowest BCUT2D eigenvalue weighted by molar-refractivity contribution is -0.136. The Hall–Kier alpha value is -1.74. The first-order valence-corrected chi connectivity index (χ1v) is 6.84. The Kier molecular flexibility index (Phi) is 4.19. The number of aliphatic carboxylic acids is 1. The second-order valence-corrected chi connectivity index (χ2v) is 5.53. The van der Waals surface area contributed by atoms with Crippen LogP contribution in [0.3, 0.4) is 0 Å². The van der Waals surface area contributed by atoms with Gasteiger partial charge in [0.05, 0.1) is 12.3 Å². The molecule has 0 radical (unpaired) electrons. The highest BCUT2D eigenvalue weighted by molar-refractivity contribution is 7.16. The van der Waals surface area contributed by atoms with Gasteiger partial charge in [0, 0.05) is 6.42 Å². The molecule has 0 aromatic heterocycles. The number of carbonyl (C=O) groups excluding carboxylic acids is 2. The van der Waals surface area contributed by atoms with Crippen molar-refractivity contribution in [3.05, 3.63) is 35.4 Å². The van der Waals surface area contributed by atoms with Crippen LogP contribution in [-0.2, 0) is 20.8 Å². The van der Waals surface area contributed by atoms with Gasteiger partial charge in [-0.3, -0.25) is 19.1 Å². The monoisotopic (exact) mass is 293 g/mol. The van der Waals surface area contributed by atoms with Crippen molar-refractivity contribution >= 4 is 27.2 Å². The van der Waals surface area contributed by atoms with Gasteiger partial charge in [0.1, 0.15) is 0 Å². The Balaban J connectivity index is 2.13. The van der Waals surface area contributed by atoms with E-state index in [1.54, 1.807) is 12.1 Å². The van der Waals surface area contributed by atoms with Crippen molar-refractivity contribution < 1.29 is 19.5 Å². The first-order chi connectivity index (χ1) is 9.40. The third kappa shape index (κ3) is 2.88. The molecule has 1 fully saturated rings. The quantitative estimate of drug-likeness (QED) is 0.675. The van der Waals surface area contributed by atoms with Crippen LogP contribution in [-0.4, -0.2) is 27.6 Å². The molecule has 0 spiro atoms. The molecule has 2 rings (SSSR count). The summed E-state index contributed by atoms with van der Waals surface area (Å²) in [6, 6.07) is 7.15. The Bertz CT molecular complexity index is 555. The van der Waals surface area contributed by atoms with E-state index in [0.29, 0.717) is 0 Å². The number of carbonyl (C=O) groups is 3. The summed E-state index contributed by atoms with van der Waals surface area (Å²) >= 11 is 0. The van der Waals surface area contributed by atoms with Crippen LogP contribution in [0, 0.1) is 5.92 Å². The van der Waals surface area contributed by atoms with E-state index < -0.39 is 5.97 Å². The lowest BCUT2D eigenvalue weighted by Gasteiger charge is -2.17. The van der Waals surface area contributed by atoms with Crippen LogP contribution in [0.5, 0.6) is 0 Å². The summed E-state index contributed by atoms with van der Waals surface area (Å²) < 4.78 is 1.10. The molecule has 3 atom stereocenters. The molecule has 1 aliphatic heterocycles. The van der Waals surface area contributed by atoms with E-state index in [-0.39, 0.29) is 36.5 Å². The number of rotatable bonds is 4. The van der Waals surface area contributed by atoms with Crippen molar-refractivity contribution in [2.24, 2.45) is 5.92 Å². The Morgan fingerprint density at radius 1 is 1.40 bits per heavy atom. The zero-order valence-corrected chi connectivity index (χ0v) is 12.2. The molecule has 20 heavy (non-hydrogen) atoms. The zero-order valence-electron chi connectivity index (χ0n) is 11.1. The molecule has 2 amide bonds. The van der Waals surface area contributed by atoms with Gasteiger partial charge in [-0.1, -0.05) is 31.2 Å². The highest BCUT2D eigenvalue weighted by Crippen LogP contribution is 2.34. The fourth-order valence-electron chi connectivity index (χ4n) is 2.41. The van der Waals surface area contributed by atoms with Gasteiger partial charge in [-0.2, -0.15) is 0 Å². The summed E-state index contributed by atoms with van der Waals surface area (Å²) in [4.78, 5) is 34.1. The van der Waals surface area contributed by atoms with Crippen LogP contribution in [0.25, 0.3) is 0 Å². The maximum Gasteiger partial charge on any atom is 0.307 e. The van der Waals surface area contributed by atoms with Crippen molar-refractivity contribution in [1.29, 1.82) is 0 Å². The van der Waals surface area contributed by atoms with E-state index in [1.165, 1.54) is 0 Å². The molecule has 1 heterocycles. The molecule has 1 aromatic carbocycles. The van der Waals surface area contributed by atoms with Crippen molar-refractivity contribution in [3.63, 3.8) is 0 Å². The first kappa shape index (κ1) is 14.7. The number of imide groups is 1. The van der Waals surface area contributed by atoms with Gasteiger partial charge >= 0.3 is 5.97 Å². The van der Waals surface area contributed by atoms with Crippen molar-refractivity contribution in [2.45, 2.75) is 25.7 Å². The molecule has 5 nitrogen and oxygen atoms in total. The molecule has 106 valence electrons. The minimum atomic E-state index is -0.874. The van der Waals surface area contributed by atoms with Gasteiger partial charge in [-0.05, 0) is 26.4 Å². The highest BCUT2D eigenvalue weighted by Gasteiger charge is 2.39. The van der Waals surface area contributed by atoms with Gasteiger partial charge in [-0.25, -0.2) is 0 Å². The van der Waals surface area contributed by atoms with Gasteiger partial charge in [0.15, 0.2) is 0 Å². The van der Waals surface area contributed by atoms with E-state index >= 15 is 0 Å².